The minimum atomic E-state index is -3.80. The maximum atomic E-state index is 12.3. The molecule has 0 heterocycles. The van der Waals surface area contributed by atoms with Crippen LogP contribution < -0.4 is 0 Å². The number of halogens is 1. The van der Waals surface area contributed by atoms with E-state index in [0.29, 0.717) is 12.2 Å². The topological polar surface area (TPSA) is 55.7 Å². The number of nitrogens with zero attached hydrogens (tertiary/aromatic N) is 1. The van der Waals surface area contributed by atoms with Crippen molar-refractivity contribution in [2.75, 3.05) is 6.61 Å². The molecule has 0 N–H and O–H groups in total. The van der Waals surface area contributed by atoms with Crippen LogP contribution in [0.3, 0.4) is 0 Å². The maximum absolute atomic E-state index is 12.3. The number of benzene rings is 2. The summed E-state index contributed by atoms with van der Waals surface area (Å²) in [5.74, 6) is 0.0982. The Labute approximate surface area is 132 Å². The molecule has 4 nitrogen and oxygen atoms in total. The van der Waals surface area contributed by atoms with Crippen molar-refractivity contribution in [2.45, 2.75) is 11.8 Å². The summed E-state index contributed by atoms with van der Waals surface area (Å²) in [5, 5.41) is 0. The van der Waals surface area contributed by atoms with Crippen LogP contribution in [0.5, 0.6) is 0 Å². The van der Waals surface area contributed by atoms with Gasteiger partial charge in [0.25, 0.3) is 10.0 Å². The van der Waals surface area contributed by atoms with Crippen molar-refractivity contribution in [3.63, 3.8) is 0 Å². The van der Waals surface area contributed by atoms with Crippen LogP contribution in [0.1, 0.15) is 12.5 Å². The molecule has 2 aromatic carbocycles. The monoisotopic (exact) mass is 367 g/mol. The van der Waals surface area contributed by atoms with E-state index < -0.39 is 10.0 Å². The van der Waals surface area contributed by atoms with E-state index in [1.54, 1.807) is 43.3 Å². The van der Waals surface area contributed by atoms with Gasteiger partial charge >= 0.3 is 0 Å². The maximum Gasteiger partial charge on any atom is 0.285 e. The SMILES string of the molecule is CCO/C(=N/S(=O)(=O)c1ccc(Br)cc1)c1ccccc1. The van der Waals surface area contributed by atoms with E-state index in [0.717, 1.165) is 4.47 Å². The van der Waals surface area contributed by atoms with Crippen LogP contribution in [0.25, 0.3) is 0 Å². The van der Waals surface area contributed by atoms with E-state index in [1.165, 1.54) is 12.1 Å². The van der Waals surface area contributed by atoms with Gasteiger partial charge in [0.2, 0.25) is 5.90 Å². The van der Waals surface area contributed by atoms with Gasteiger partial charge < -0.3 is 4.74 Å². The standard InChI is InChI=1S/C15H14BrNO3S/c1-2-20-15(12-6-4-3-5-7-12)17-21(18,19)14-10-8-13(16)9-11-14/h3-11H,2H2,1H3/b17-15+. The van der Waals surface area contributed by atoms with Gasteiger partial charge in [0, 0.05) is 10.0 Å². The highest BCUT2D eigenvalue weighted by Gasteiger charge is 2.16. The largest absolute Gasteiger partial charge is 0.477 e. The molecule has 0 bridgehead atoms. The van der Waals surface area contributed by atoms with Gasteiger partial charge in [-0.3, -0.25) is 0 Å². The summed E-state index contributed by atoms with van der Waals surface area (Å²) in [6.45, 7) is 2.12. The second kappa shape index (κ2) is 6.87. The normalized spacial score (nSPS) is 12.2. The third-order valence-electron chi connectivity index (χ3n) is 2.62. The zero-order valence-corrected chi connectivity index (χ0v) is 13.8. The van der Waals surface area contributed by atoms with E-state index in [9.17, 15) is 8.42 Å². The third-order valence-corrected chi connectivity index (χ3v) is 4.42. The number of ether oxygens (including phenoxy) is 1. The van der Waals surface area contributed by atoms with E-state index in [-0.39, 0.29) is 10.8 Å². The quantitative estimate of drug-likeness (QED) is 0.612. The highest BCUT2D eigenvalue weighted by Crippen LogP contribution is 2.18. The lowest BCUT2D eigenvalue weighted by Crippen LogP contribution is -2.10. The molecule has 0 saturated heterocycles. The first-order chi connectivity index (χ1) is 10.0. The Balaban J connectivity index is 2.44. The fraction of sp³-hybridized carbons (Fsp3) is 0.133. The summed E-state index contributed by atoms with van der Waals surface area (Å²) in [4.78, 5) is 0.124. The van der Waals surface area contributed by atoms with Crippen molar-refractivity contribution in [3.8, 4) is 0 Å². The Kier molecular flexibility index (Phi) is 5.14. The molecule has 2 rings (SSSR count). The van der Waals surface area contributed by atoms with Gasteiger partial charge in [0.05, 0.1) is 11.5 Å². The van der Waals surface area contributed by atoms with Gasteiger partial charge in [-0.15, -0.1) is 4.40 Å². The molecule has 0 aromatic heterocycles. The first kappa shape index (κ1) is 15.7. The fourth-order valence-electron chi connectivity index (χ4n) is 1.65. The van der Waals surface area contributed by atoms with Crippen molar-refractivity contribution in [1.29, 1.82) is 0 Å². The molecule has 21 heavy (non-hydrogen) atoms. The molecule has 0 spiro atoms. The average molecular weight is 368 g/mol. The Hall–Kier alpha value is -1.66. The Bertz CT molecular complexity index is 725. The van der Waals surface area contributed by atoms with E-state index in [2.05, 4.69) is 20.3 Å². The first-order valence-electron chi connectivity index (χ1n) is 6.31. The predicted molar refractivity (Wildman–Crippen MR) is 85.9 cm³/mol. The van der Waals surface area contributed by atoms with Crippen molar-refractivity contribution >= 4 is 31.9 Å². The van der Waals surface area contributed by atoms with Crippen LogP contribution >= 0.6 is 15.9 Å². The molecule has 0 aliphatic carbocycles. The lowest BCUT2D eigenvalue weighted by atomic mass is 10.2. The van der Waals surface area contributed by atoms with Crippen LogP contribution in [-0.2, 0) is 14.8 Å². The summed E-state index contributed by atoms with van der Waals surface area (Å²) in [6, 6.07) is 15.3. The van der Waals surface area contributed by atoms with Gasteiger partial charge in [-0.25, -0.2) is 0 Å². The second-order valence-corrected chi connectivity index (χ2v) is 6.64. The fourth-order valence-corrected chi connectivity index (χ4v) is 2.87. The molecule has 0 saturated carbocycles. The Morgan fingerprint density at radius 1 is 1.10 bits per heavy atom. The van der Waals surface area contributed by atoms with Crippen molar-refractivity contribution < 1.29 is 13.2 Å². The third kappa shape index (κ3) is 4.15. The van der Waals surface area contributed by atoms with Crippen molar-refractivity contribution in [2.24, 2.45) is 4.40 Å². The molecule has 0 aliphatic rings. The lowest BCUT2D eigenvalue weighted by Gasteiger charge is -2.07. The molecule has 0 atom stereocenters. The Morgan fingerprint density at radius 3 is 2.29 bits per heavy atom. The van der Waals surface area contributed by atoms with Crippen molar-refractivity contribution in [1.82, 2.24) is 0 Å². The van der Waals surface area contributed by atoms with E-state index in [4.69, 9.17) is 4.74 Å². The van der Waals surface area contributed by atoms with E-state index in [1.807, 2.05) is 6.07 Å². The zero-order chi connectivity index (χ0) is 15.3. The van der Waals surface area contributed by atoms with Crippen molar-refractivity contribution in [3.05, 3.63) is 64.6 Å². The number of sulfonamides is 1. The van der Waals surface area contributed by atoms with Crippen LogP contribution in [0.15, 0.2) is 68.4 Å². The van der Waals surface area contributed by atoms with E-state index >= 15 is 0 Å². The lowest BCUT2D eigenvalue weighted by molar-refractivity contribution is 0.329. The van der Waals surface area contributed by atoms with Gasteiger partial charge in [-0.05, 0) is 43.3 Å². The summed E-state index contributed by atoms with van der Waals surface area (Å²) in [6.07, 6.45) is 0. The summed E-state index contributed by atoms with van der Waals surface area (Å²) < 4.78 is 34.6. The summed E-state index contributed by atoms with van der Waals surface area (Å²) in [5.41, 5.74) is 0.625. The van der Waals surface area contributed by atoms with Crippen LogP contribution in [0.2, 0.25) is 0 Å². The first-order valence-corrected chi connectivity index (χ1v) is 8.55. The number of hydrogen-bond donors (Lipinski definition) is 0. The molecule has 0 radical (unpaired) electrons. The zero-order valence-electron chi connectivity index (χ0n) is 11.4. The molecular weight excluding hydrogens is 354 g/mol. The van der Waals surface area contributed by atoms with Crippen LogP contribution in [0, 0.1) is 0 Å². The Morgan fingerprint density at radius 2 is 1.71 bits per heavy atom. The molecule has 0 fully saturated rings. The minimum Gasteiger partial charge on any atom is -0.477 e. The molecule has 0 unspecified atom stereocenters. The van der Waals surface area contributed by atoms with Gasteiger partial charge in [-0.2, -0.15) is 8.42 Å². The number of hydrogen-bond acceptors (Lipinski definition) is 3. The van der Waals surface area contributed by atoms with Crippen LogP contribution in [0.4, 0.5) is 0 Å². The second-order valence-electron chi connectivity index (χ2n) is 4.12. The smallest absolute Gasteiger partial charge is 0.285 e. The van der Waals surface area contributed by atoms with Gasteiger partial charge in [-0.1, -0.05) is 34.1 Å². The van der Waals surface area contributed by atoms with Gasteiger partial charge in [0.15, 0.2) is 0 Å². The minimum absolute atomic E-state index is 0.0982. The highest BCUT2D eigenvalue weighted by molar-refractivity contribution is 9.10. The highest BCUT2D eigenvalue weighted by atomic mass is 79.9. The molecule has 0 amide bonds. The number of rotatable bonds is 4. The van der Waals surface area contributed by atoms with Crippen LogP contribution in [-0.4, -0.2) is 20.9 Å². The molecule has 6 heteroatoms. The molecule has 0 aliphatic heterocycles. The average Bonchev–Trinajstić information content (AvgIpc) is 2.48. The predicted octanol–water partition coefficient (Wildman–Crippen LogP) is 3.62. The van der Waals surface area contributed by atoms with Gasteiger partial charge in [0.1, 0.15) is 0 Å². The summed E-state index contributed by atoms with van der Waals surface area (Å²) >= 11 is 3.27. The summed E-state index contributed by atoms with van der Waals surface area (Å²) in [7, 11) is -3.80. The molecule has 2 aromatic rings. The molecule has 110 valence electrons. The molecular formula is C15H14BrNO3S.